The minimum absolute atomic E-state index is 0.0856. The van der Waals surface area contributed by atoms with Crippen LogP contribution >= 0.6 is 0 Å². The lowest BCUT2D eigenvalue weighted by Gasteiger charge is -2.24. The standard InChI is InChI=1S/C13H15FN2O/c14-8-5-6-11-10(7-8)12(15)13(17)16(11)9-3-1-2-4-9/h5-7,9,12H,1-4,15H2/t12-/m1/s1. The highest BCUT2D eigenvalue weighted by atomic mass is 19.1. The third kappa shape index (κ3) is 1.55. The summed E-state index contributed by atoms with van der Waals surface area (Å²) in [6, 6.07) is 4.01. The van der Waals surface area contributed by atoms with Gasteiger partial charge >= 0.3 is 0 Å². The number of rotatable bonds is 1. The Balaban J connectivity index is 2.04. The largest absolute Gasteiger partial charge is 0.316 e. The molecule has 0 aromatic heterocycles. The highest BCUT2D eigenvalue weighted by Crippen LogP contribution is 2.39. The third-order valence-corrected chi connectivity index (χ3v) is 3.78. The van der Waals surface area contributed by atoms with Gasteiger partial charge in [-0.1, -0.05) is 12.8 Å². The molecule has 17 heavy (non-hydrogen) atoms. The van der Waals surface area contributed by atoms with Crippen molar-refractivity contribution in [1.29, 1.82) is 0 Å². The van der Waals surface area contributed by atoms with E-state index in [2.05, 4.69) is 0 Å². The number of carbonyl (C=O) groups excluding carboxylic acids is 1. The molecular weight excluding hydrogens is 219 g/mol. The van der Waals surface area contributed by atoms with Gasteiger partial charge < -0.3 is 10.6 Å². The van der Waals surface area contributed by atoms with Crippen molar-refractivity contribution in [3.8, 4) is 0 Å². The second-order valence-electron chi connectivity index (χ2n) is 4.83. The number of hydrogen-bond acceptors (Lipinski definition) is 2. The van der Waals surface area contributed by atoms with Crippen LogP contribution in [0.15, 0.2) is 18.2 Å². The zero-order valence-electron chi connectivity index (χ0n) is 9.53. The van der Waals surface area contributed by atoms with Gasteiger partial charge in [-0.3, -0.25) is 4.79 Å². The van der Waals surface area contributed by atoms with E-state index in [9.17, 15) is 9.18 Å². The first-order valence-corrected chi connectivity index (χ1v) is 6.06. The maximum Gasteiger partial charge on any atom is 0.248 e. The first-order valence-electron chi connectivity index (χ1n) is 6.06. The Bertz CT molecular complexity index is 468. The Labute approximate surface area is 99.4 Å². The number of nitrogens with two attached hydrogens (primary N) is 1. The number of fused-ring (bicyclic) bond motifs is 1. The van der Waals surface area contributed by atoms with E-state index in [1.54, 1.807) is 11.0 Å². The molecule has 90 valence electrons. The van der Waals surface area contributed by atoms with Crippen molar-refractivity contribution >= 4 is 11.6 Å². The molecule has 0 bridgehead atoms. The topological polar surface area (TPSA) is 46.3 Å². The molecule has 1 amide bonds. The van der Waals surface area contributed by atoms with Crippen molar-refractivity contribution in [3.63, 3.8) is 0 Å². The second kappa shape index (κ2) is 3.81. The Hall–Kier alpha value is -1.42. The summed E-state index contributed by atoms with van der Waals surface area (Å²) < 4.78 is 13.2. The van der Waals surface area contributed by atoms with E-state index >= 15 is 0 Å². The van der Waals surface area contributed by atoms with Crippen molar-refractivity contribution in [1.82, 2.24) is 0 Å². The molecule has 3 nitrogen and oxygen atoms in total. The van der Waals surface area contributed by atoms with Crippen molar-refractivity contribution < 1.29 is 9.18 Å². The lowest BCUT2D eigenvalue weighted by Crippen LogP contribution is -2.38. The van der Waals surface area contributed by atoms with Gasteiger partial charge in [-0.05, 0) is 31.0 Å². The summed E-state index contributed by atoms with van der Waals surface area (Å²) in [5.41, 5.74) is 7.29. The highest BCUT2D eigenvalue weighted by molar-refractivity contribution is 6.05. The Kier molecular flexibility index (Phi) is 2.40. The van der Waals surface area contributed by atoms with Crippen molar-refractivity contribution in [2.24, 2.45) is 5.73 Å². The molecule has 1 aliphatic carbocycles. The molecule has 0 spiro atoms. The predicted molar refractivity (Wildman–Crippen MR) is 63.1 cm³/mol. The van der Waals surface area contributed by atoms with Crippen LogP contribution in [0.2, 0.25) is 0 Å². The number of anilines is 1. The maximum absolute atomic E-state index is 13.2. The molecule has 0 unspecified atom stereocenters. The zero-order chi connectivity index (χ0) is 12.0. The number of amides is 1. The van der Waals surface area contributed by atoms with Gasteiger partial charge in [0.2, 0.25) is 5.91 Å². The molecule has 1 fully saturated rings. The van der Waals surface area contributed by atoms with Gasteiger partial charge in [0.15, 0.2) is 0 Å². The Morgan fingerprint density at radius 1 is 1.29 bits per heavy atom. The molecule has 0 radical (unpaired) electrons. The van der Waals surface area contributed by atoms with Gasteiger partial charge in [0.1, 0.15) is 11.9 Å². The Morgan fingerprint density at radius 3 is 2.71 bits per heavy atom. The number of hydrogen-bond donors (Lipinski definition) is 1. The van der Waals surface area contributed by atoms with Crippen LogP contribution in [-0.4, -0.2) is 11.9 Å². The molecule has 1 aromatic rings. The van der Waals surface area contributed by atoms with Crippen LogP contribution in [-0.2, 0) is 4.79 Å². The summed E-state index contributed by atoms with van der Waals surface area (Å²) in [4.78, 5) is 13.9. The minimum Gasteiger partial charge on any atom is -0.316 e. The highest BCUT2D eigenvalue weighted by Gasteiger charge is 2.39. The van der Waals surface area contributed by atoms with Gasteiger partial charge in [0, 0.05) is 17.3 Å². The van der Waals surface area contributed by atoms with Crippen LogP contribution < -0.4 is 10.6 Å². The first-order chi connectivity index (χ1) is 8.18. The van der Waals surface area contributed by atoms with Gasteiger partial charge in [-0.15, -0.1) is 0 Å². The van der Waals surface area contributed by atoms with E-state index in [0.717, 1.165) is 31.4 Å². The third-order valence-electron chi connectivity index (χ3n) is 3.78. The summed E-state index contributed by atoms with van der Waals surface area (Å²) in [5.74, 6) is -0.419. The monoisotopic (exact) mass is 234 g/mol. The van der Waals surface area contributed by atoms with Crippen LogP contribution in [0.4, 0.5) is 10.1 Å². The normalized spacial score (nSPS) is 24.5. The molecule has 0 saturated heterocycles. The molecular formula is C13H15FN2O. The Morgan fingerprint density at radius 2 is 2.00 bits per heavy atom. The molecule has 3 rings (SSSR count). The van der Waals surface area contributed by atoms with Gasteiger partial charge in [0.05, 0.1) is 0 Å². The SMILES string of the molecule is N[C@H]1C(=O)N(C2CCCC2)c2ccc(F)cc21. The van der Waals surface area contributed by atoms with E-state index in [1.807, 2.05) is 0 Å². The number of nitrogens with zero attached hydrogens (tertiary/aromatic N) is 1. The van der Waals surface area contributed by atoms with Crippen LogP contribution in [0.3, 0.4) is 0 Å². The van der Waals surface area contributed by atoms with Crippen LogP contribution in [0.1, 0.15) is 37.3 Å². The first kappa shape index (κ1) is 10.7. The second-order valence-corrected chi connectivity index (χ2v) is 4.83. The van der Waals surface area contributed by atoms with E-state index < -0.39 is 6.04 Å². The molecule has 2 N–H and O–H groups in total. The van der Waals surface area contributed by atoms with E-state index in [0.29, 0.717) is 5.56 Å². The quantitative estimate of drug-likeness (QED) is 0.809. The fourth-order valence-corrected chi connectivity index (χ4v) is 2.93. The summed E-state index contributed by atoms with van der Waals surface area (Å²) in [6.45, 7) is 0. The van der Waals surface area contributed by atoms with Crippen molar-refractivity contribution in [2.75, 3.05) is 4.90 Å². The van der Waals surface area contributed by atoms with Gasteiger partial charge in [0.25, 0.3) is 0 Å². The van der Waals surface area contributed by atoms with Gasteiger partial charge in [-0.2, -0.15) is 0 Å². The van der Waals surface area contributed by atoms with Crippen molar-refractivity contribution in [2.45, 2.75) is 37.8 Å². The summed E-state index contributed by atoms with van der Waals surface area (Å²) in [6.07, 6.45) is 4.35. The average molecular weight is 234 g/mol. The predicted octanol–water partition coefficient (Wildman–Crippen LogP) is 2.11. The van der Waals surface area contributed by atoms with Gasteiger partial charge in [-0.25, -0.2) is 4.39 Å². The molecule has 1 atom stereocenters. The molecule has 1 heterocycles. The minimum atomic E-state index is -0.693. The fourth-order valence-electron chi connectivity index (χ4n) is 2.93. The molecule has 2 aliphatic rings. The summed E-state index contributed by atoms with van der Waals surface area (Å²) in [5, 5.41) is 0. The van der Waals surface area contributed by atoms with Crippen molar-refractivity contribution in [3.05, 3.63) is 29.6 Å². The van der Waals surface area contributed by atoms with Crippen LogP contribution in [0.5, 0.6) is 0 Å². The summed E-state index contributed by atoms with van der Waals surface area (Å²) in [7, 11) is 0. The molecule has 1 aromatic carbocycles. The molecule has 1 saturated carbocycles. The molecule has 1 aliphatic heterocycles. The fraction of sp³-hybridized carbons (Fsp3) is 0.462. The number of carbonyl (C=O) groups is 1. The van der Waals surface area contributed by atoms with Crippen LogP contribution in [0, 0.1) is 5.82 Å². The summed E-state index contributed by atoms with van der Waals surface area (Å²) >= 11 is 0. The molecule has 4 heteroatoms. The lowest BCUT2D eigenvalue weighted by molar-refractivity contribution is -0.119. The number of benzene rings is 1. The number of halogens is 1. The lowest BCUT2D eigenvalue weighted by atomic mass is 10.1. The zero-order valence-corrected chi connectivity index (χ0v) is 9.53. The van der Waals surface area contributed by atoms with E-state index in [4.69, 9.17) is 5.73 Å². The van der Waals surface area contributed by atoms with Crippen LogP contribution in [0.25, 0.3) is 0 Å². The van der Waals surface area contributed by atoms with E-state index in [1.165, 1.54) is 12.1 Å². The maximum atomic E-state index is 13.2. The smallest absolute Gasteiger partial charge is 0.248 e. The van der Waals surface area contributed by atoms with E-state index in [-0.39, 0.29) is 17.8 Å². The average Bonchev–Trinajstić information content (AvgIpc) is 2.90.